The Balaban J connectivity index is 0.612. The van der Waals surface area contributed by atoms with Crippen LogP contribution in [0.4, 0.5) is 34.1 Å². The van der Waals surface area contributed by atoms with E-state index in [9.17, 15) is 0 Å². The lowest BCUT2D eigenvalue weighted by Gasteiger charge is -2.40. The largest absolute Gasteiger partial charge is 0.310 e. The van der Waals surface area contributed by atoms with Crippen molar-refractivity contribution in [1.29, 1.82) is 0 Å². The lowest BCUT2D eigenvalue weighted by Crippen LogP contribution is -2.33. The SMILES string of the molecule is c1ccc(-c2ccc(-c3ccccc3N(c3ccc(-c4ccc(-c5cccc6c5c5cccc7c5n6-c5ccccc5C75c6ccccc6-c6ccc(N(c7ccccc7)c7ccccc7-c7ccc(-c8ccccc8)cc7)cc65)cc4)cc3)c3ccc4c(c3)C3(c5ccccc5-4)c4ccccc4-n4c5ccccc5c5cccc3c54)cc2)cc1. The number of nitrogens with zero attached hydrogens (tertiary/aromatic N) is 4. The summed E-state index contributed by atoms with van der Waals surface area (Å²) >= 11 is 0. The van der Waals surface area contributed by atoms with Crippen LogP contribution in [-0.2, 0) is 10.8 Å². The Morgan fingerprint density at radius 3 is 1.01 bits per heavy atom. The molecule has 4 heterocycles. The minimum absolute atomic E-state index is 0.633. The fourth-order valence-electron chi connectivity index (χ4n) is 21.6. The highest BCUT2D eigenvalue weighted by Gasteiger charge is 2.53. The first-order valence-electron chi connectivity index (χ1n) is 41.7. The van der Waals surface area contributed by atoms with E-state index in [2.05, 4.69) is 468 Å². The molecule has 4 heteroatoms. The van der Waals surface area contributed by atoms with Gasteiger partial charge < -0.3 is 18.9 Å². The maximum atomic E-state index is 2.58. The molecule has 0 N–H and O–H groups in total. The summed E-state index contributed by atoms with van der Waals surface area (Å²) < 4.78 is 5.12. The molecular weight excluding hydrogens is 1450 g/mol. The molecule has 0 bridgehead atoms. The van der Waals surface area contributed by atoms with Crippen molar-refractivity contribution in [2.75, 3.05) is 9.80 Å². The van der Waals surface area contributed by atoms with Gasteiger partial charge in [0.05, 0.1) is 55.6 Å². The zero-order chi connectivity index (χ0) is 78.7. The van der Waals surface area contributed by atoms with Crippen LogP contribution in [0.1, 0.15) is 44.5 Å². The molecule has 0 saturated carbocycles. The highest BCUT2D eigenvalue weighted by atomic mass is 15.2. The third-order valence-corrected chi connectivity index (χ3v) is 26.6. The van der Waals surface area contributed by atoms with Crippen molar-refractivity contribution in [2.45, 2.75) is 10.8 Å². The second-order valence-electron chi connectivity index (χ2n) is 32.4. The molecule has 25 rings (SSSR count). The molecule has 4 aliphatic rings. The van der Waals surface area contributed by atoms with Crippen LogP contribution in [0.5, 0.6) is 0 Å². The van der Waals surface area contributed by atoms with Crippen LogP contribution in [0.2, 0.25) is 0 Å². The number of anilines is 6. The Morgan fingerprint density at radius 2 is 0.492 bits per heavy atom. The average Bonchev–Trinajstić information content (AvgIpc) is 1.50. The molecule has 2 aliphatic carbocycles. The quantitative estimate of drug-likeness (QED) is 0.121. The lowest BCUT2D eigenvalue weighted by atomic mass is 9.65. The molecule has 2 aliphatic heterocycles. The first-order chi connectivity index (χ1) is 59.6. The standard InChI is InChI=1S/C116H74N4/c1-4-27-75(28-5-1)77-53-59-81(60-54-77)88-33-12-19-47-106(88)117(84-31-8-3-9-32-84)86-69-71-94-92-36-11-16-42-99(92)116(105(94)73-86)101-44-18-23-51-110(101)120-111-52-26-38-90(112(111)97-40-25-46-103(116)114(97)120)83-63-57-79(58-64-83)80-65-67-85(68-66-80)118(107-48-20-13-34-89(107)82-61-55-78(56-62-82)76-29-6-2-7-30-76)87-70-72-93-91-35-10-15-41-98(91)115(104(93)74-87)100-43-17-22-50-109(100)119-108-49-21-14-37-95(108)96-39-24-45-102(115)113(96)119/h1-74H. The molecule has 19 aromatic carbocycles. The number of aromatic nitrogens is 2. The van der Waals surface area contributed by atoms with E-state index in [0.29, 0.717) is 0 Å². The van der Waals surface area contributed by atoms with E-state index >= 15 is 0 Å². The number of rotatable bonds is 12. The van der Waals surface area contributed by atoms with Crippen LogP contribution in [0.25, 0.3) is 144 Å². The Hall–Kier alpha value is -15.6. The maximum Gasteiger partial charge on any atom is 0.0755 e. The number of para-hydroxylation sites is 8. The van der Waals surface area contributed by atoms with Gasteiger partial charge in [0.25, 0.3) is 0 Å². The molecule has 0 saturated heterocycles. The molecule has 120 heavy (non-hydrogen) atoms. The summed E-state index contributed by atoms with van der Waals surface area (Å²) in [5.74, 6) is 0. The van der Waals surface area contributed by atoms with Crippen LogP contribution in [-0.4, -0.2) is 9.13 Å². The van der Waals surface area contributed by atoms with Gasteiger partial charge >= 0.3 is 0 Å². The van der Waals surface area contributed by atoms with E-state index in [4.69, 9.17) is 0 Å². The number of hydrogen-bond acceptors (Lipinski definition) is 2. The fraction of sp³-hybridized carbons (Fsp3) is 0.0172. The second-order valence-corrected chi connectivity index (χ2v) is 32.4. The molecule has 0 amide bonds. The van der Waals surface area contributed by atoms with Crippen molar-refractivity contribution in [3.8, 4) is 100 Å². The fourth-order valence-corrected chi connectivity index (χ4v) is 21.6. The highest BCUT2D eigenvalue weighted by Crippen LogP contribution is 2.65. The molecule has 2 spiro atoms. The van der Waals surface area contributed by atoms with Gasteiger partial charge in [0.1, 0.15) is 0 Å². The molecule has 2 atom stereocenters. The minimum Gasteiger partial charge on any atom is -0.310 e. The van der Waals surface area contributed by atoms with Gasteiger partial charge in [-0.05, 0) is 207 Å². The van der Waals surface area contributed by atoms with E-state index in [1.165, 1.54) is 150 Å². The van der Waals surface area contributed by atoms with Gasteiger partial charge in [0.15, 0.2) is 0 Å². The lowest BCUT2D eigenvalue weighted by molar-refractivity contribution is 0.748. The summed E-state index contributed by atoms with van der Waals surface area (Å²) in [5, 5.41) is 5.00. The topological polar surface area (TPSA) is 16.3 Å². The highest BCUT2D eigenvalue weighted by molar-refractivity contribution is 6.19. The van der Waals surface area contributed by atoms with Gasteiger partial charge in [0.2, 0.25) is 0 Å². The van der Waals surface area contributed by atoms with Crippen LogP contribution < -0.4 is 9.80 Å². The zero-order valence-electron chi connectivity index (χ0n) is 65.5. The average molecular weight is 1520 g/mol. The van der Waals surface area contributed by atoms with Crippen molar-refractivity contribution in [1.82, 2.24) is 9.13 Å². The number of benzene rings is 19. The normalized spacial score (nSPS) is 14.7. The summed E-state index contributed by atoms with van der Waals surface area (Å²) in [6.45, 7) is 0. The molecule has 2 aromatic heterocycles. The molecular formula is C116H74N4. The van der Waals surface area contributed by atoms with Gasteiger partial charge in [-0.2, -0.15) is 0 Å². The summed E-state index contributed by atoms with van der Waals surface area (Å²) in [6, 6.07) is 168. The van der Waals surface area contributed by atoms with Crippen molar-refractivity contribution >= 4 is 77.7 Å². The summed E-state index contributed by atoms with van der Waals surface area (Å²) in [6.07, 6.45) is 0. The summed E-state index contributed by atoms with van der Waals surface area (Å²) in [5.41, 5.74) is 41.8. The van der Waals surface area contributed by atoms with Gasteiger partial charge in [-0.15, -0.1) is 0 Å². The Kier molecular flexibility index (Phi) is 14.9. The van der Waals surface area contributed by atoms with Crippen LogP contribution in [0, 0.1) is 0 Å². The van der Waals surface area contributed by atoms with Gasteiger partial charge in [-0.1, -0.05) is 364 Å². The Morgan fingerprint density at radius 1 is 0.175 bits per heavy atom. The van der Waals surface area contributed by atoms with Crippen LogP contribution in [0.3, 0.4) is 0 Å². The molecule has 21 aromatic rings. The van der Waals surface area contributed by atoms with E-state index in [0.717, 1.165) is 73.1 Å². The number of fused-ring (bicyclic) bond motifs is 24. The molecule has 558 valence electrons. The third-order valence-electron chi connectivity index (χ3n) is 26.6. The first kappa shape index (κ1) is 67.7. The monoisotopic (exact) mass is 1520 g/mol. The van der Waals surface area contributed by atoms with E-state index in [1.54, 1.807) is 0 Å². The van der Waals surface area contributed by atoms with E-state index in [1.807, 2.05) is 0 Å². The zero-order valence-corrected chi connectivity index (χ0v) is 65.5. The van der Waals surface area contributed by atoms with E-state index < -0.39 is 10.8 Å². The van der Waals surface area contributed by atoms with Crippen molar-refractivity contribution < 1.29 is 0 Å². The van der Waals surface area contributed by atoms with Crippen LogP contribution >= 0.6 is 0 Å². The third kappa shape index (κ3) is 9.70. The Bertz CT molecular complexity index is 7750. The first-order valence-corrected chi connectivity index (χ1v) is 41.7. The smallest absolute Gasteiger partial charge is 0.0755 e. The molecule has 4 nitrogen and oxygen atoms in total. The van der Waals surface area contributed by atoms with Gasteiger partial charge in [0, 0.05) is 55.4 Å². The maximum absolute atomic E-state index is 2.58. The molecule has 0 radical (unpaired) electrons. The predicted molar refractivity (Wildman–Crippen MR) is 499 cm³/mol. The summed E-state index contributed by atoms with van der Waals surface area (Å²) in [4.78, 5) is 4.98. The number of hydrogen-bond donors (Lipinski definition) is 0. The minimum atomic E-state index is -0.678. The van der Waals surface area contributed by atoms with Crippen molar-refractivity contribution in [3.05, 3.63) is 493 Å². The van der Waals surface area contributed by atoms with Gasteiger partial charge in [-0.25, -0.2) is 0 Å². The van der Waals surface area contributed by atoms with E-state index in [-0.39, 0.29) is 0 Å². The summed E-state index contributed by atoms with van der Waals surface area (Å²) in [7, 11) is 0. The van der Waals surface area contributed by atoms with Gasteiger partial charge in [-0.3, -0.25) is 0 Å². The Labute approximate surface area is 696 Å². The molecule has 2 unspecified atom stereocenters. The second kappa shape index (κ2) is 26.5. The van der Waals surface area contributed by atoms with Crippen molar-refractivity contribution in [3.63, 3.8) is 0 Å². The van der Waals surface area contributed by atoms with Crippen LogP contribution in [0.15, 0.2) is 449 Å². The van der Waals surface area contributed by atoms with Crippen molar-refractivity contribution in [2.24, 2.45) is 0 Å². The predicted octanol–water partition coefficient (Wildman–Crippen LogP) is 30.2. The molecule has 0 fully saturated rings.